The first-order chi connectivity index (χ1) is 9.61. The number of nitrogens with zero attached hydrogens (tertiary/aromatic N) is 1. The molecular weight excluding hydrogens is 252 g/mol. The molecule has 2 rings (SSSR count). The molecule has 4 heteroatoms. The van der Waals surface area contributed by atoms with Crippen LogP contribution in [0.4, 0.5) is 11.4 Å². The molecule has 1 aliphatic rings. The summed E-state index contributed by atoms with van der Waals surface area (Å²) in [6.07, 6.45) is 7.60. The van der Waals surface area contributed by atoms with Gasteiger partial charge in [0.05, 0.1) is 4.92 Å². The molecule has 1 N–H and O–H groups in total. The molecule has 0 bridgehead atoms. The number of nitro benzene ring substituents is 1. The minimum absolute atomic E-state index is 0.202. The van der Waals surface area contributed by atoms with Gasteiger partial charge in [-0.25, -0.2) is 0 Å². The number of nitro groups is 1. The molecule has 1 fully saturated rings. The summed E-state index contributed by atoms with van der Waals surface area (Å²) >= 11 is 0. The van der Waals surface area contributed by atoms with E-state index in [4.69, 9.17) is 0 Å². The van der Waals surface area contributed by atoms with E-state index in [1.54, 1.807) is 13.0 Å². The number of nitrogens with one attached hydrogen (secondary N) is 1. The van der Waals surface area contributed by atoms with Crippen molar-refractivity contribution in [2.24, 2.45) is 5.92 Å². The van der Waals surface area contributed by atoms with Crippen LogP contribution >= 0.6 is 0 Å². The van der Waals surface area contributed by atoms with Crippen LogP contribution in [-0.2, 0) is 0 Å². The van der Waals surface area contributed by atoms with Crippen molar-refractivity contribution in [1.82, 2.24) is 0 Å². The van der Waals surface area contributed by atoms with Gasteiger partial charge in [-0.3, -0.25) is 10.1 Å². The molecule has 0 heterocycles. The lowest BCUT2D eigenvalue weighted by Crippen LogP contribution is -2.30. The Morgan fingerprint density at radius 2 is 2.05 bits per heavy atom. The monoisotopic (exact) mass is 276 g/mol. The third-order valence-electron chi connectivity index (χ3n) is 4.42. The highest BCUT2D eigenvalue weighted by atomic mass is 16.6. The number of hydrogen-bond acceptors (Lipinski definition) is 3. The molecule has 1 unspecified atom stereocenters. The van der Waals surface area contributed by atoms with Crippen LogP contribution in [0.15, 0.2) is 18.2 Å². The number of benzene rings is 1. The van der Waals surface area contributed by atoms with Crippen molar-refractivity contribution in [3.63, 3.8) is 0 Å². The van der Waals surface area contributed by atoms with Gasteiger partial charge < -0.3 is 5.32 Å². The highest BCUT2D eigenvalue weighted by molar-refractivity contribution is 5.55. The van der Waals surface area contributed by atoms with E-state index in [0.717, 1.165) is 12.1 Å². The van der Waals surface area contributed by atoms with Crippen molar-refractivity contribution in [1.29, 1.82) is 0 Å². The van der Waals surface area contributed by atoms with Crippen LogP contribution in [0.25, 0.3) is 0 Å². The van der Waals surface area contributed by atoms with E-state index in [1.807, 2.05) is 12.1 Å². The summed E-state index contributed by atoms with van der Waals surface area (Å²) in [5.74, 6) is 0.703. The van der Waals surface area contributed by atoms with E-state index >= 15 is 0 Å². The molecule has 1 atom stereocenters. The minimum atomic E-state index is -0.303. The number of anilines is 1. The quantitative estimate of drug-likeness (QED) is 0.628. The third-order valence-corrected chi connectivity index (χ3v) is 4.42. The van der Waals surface area contributed by atoms with Gasteiger partial charge >= 0.3 is 0 Å². The Balaban J connectivity index is 2.10. The molecule has 1 aromatic rings. The van der Waals surface area contributed by atoms with Crippen LogP contribution in [0.2, 0.25) is 0 Å². The van der Waals surface area contributed by atoms with E-state index in [0.29, 0.717) is 17.5 Å². The van der Waals surface area contributed by atoms with Gasteiger partial charge in [-0.1, -0.05) is 32.3 Å². The molecule has 1 saturated carbocycles. The summed E-state index contributed by atoms with van der Waals surface area (Å²) < 4.78 is 0. The second kappa shape index (κ2) is 6.73. The Bertz CT molecular complexity index is 468. The fraction of sp³-hybridized carbons (Fsp3) is 0.625. The second-order valence-electron chi connectivity index (χ2n) is 5.82. The van der Waals surface area contributed by atoms with E-state index in [9.17, 15) is 10.1 Å². The van der Waals surface area contributed by atoms with Gasteiger partial charge in [-0.2, -0.15) is 0 Å². The molecule has 0 saturated heterocycles. The zero-order chi connectivity index (χ0) is 14.5. The van der Waals surface area contributed by atoms with Crippen LogP contribution in [0.1, 0.15) is 51.0 Å². The largest absolute Gasteiger partial charge is 0.382 e. The molecule has 20 heavy (non-hydrogen) atoms. The Kier molecular flexibility index (Phi) is 4.99. The van der Waals surface area contributed by atoms with Crippen molar-refractivity contribution in [2.45, 2.75) is 58.4 Å². The Morgan fingerprint density at radius 1 is 1.35 bits per heavy atom. The topological polar surface area (TPSA) is 55.2 Å². The SMILES string of the molecule is CCC(Nc1ccc(C)c([N+](=O)[O-])c1)C1CCCCC1. The summed E-state index contributed by atoms with van der Waals surface area (Å²) in [6, 6.07) is 5.88. The van der Waals surface area contributed by atoms with Gasteiger partial charge in [0.2, 0.25) is 0 Å². The summed E-state index contributed by atoms with van der Waals surface area (Å²) in [4.78, 5) is 10.7. The standard InChI is InChI=1S/C16H24N2O2/c1-3-15(13-7-5-4-6-8-13)17-14-10-9-12(2)16(11-14)18(19)20/h9-11,13,15,17H,3-8H2,1-2H3. The van der Waals surface area contributed by atoms with Crippen LogP contribution in [-0.4, -0.2) is 11.0 Å². The lowest BCUT2D eigenvalue weighted by Gasteiger charge is -2.31. The van der Waals surface area contributed by atoms with Crippen LogP contribution in [0.5, 0.6) is 0 Å². The third kappa shape index (κ3) is 3.50. The second-order valence-corrected chi connectivity index (χ2v) is 5.82. The van der Waals surface area contributed by atoms with Crippen molar-refractivity contribution >= 4 is 11.4 Å². The lowest BCUT2D eigenvalue weighted by atomic mass is 9.83. The van der Waals surface area contributed by atoms with Gasteiger partial charge in [-0.05, 0) is 38.2 Å². The first-order valence-corrected chi connectivity index (χ1v) is 7.63. The zero-order valence-electron chi connectivity index (χ0n) is 12.4. The molecule has 0 amide bonds. The molecule has 0 radical (unpaired) electrons. The number of aryl methyl sites for hydroxylation is 1. The summed E-state index contributed by atoms with van der Waals surface area (Å²) in [5.41, 5.74) is 1.79. The molecular formula is C16H24N2O2. The molecule has 0 aliphatic heterocycles. The minimum Gasteiger partial charge on any atom is -0.382 e. The lowest BCUT2D eigenvalue weighted by molar-refractivity contribution is -0.385. The Labute approximate surface area is 120 Å². The van der Waals surface area contributed by atoms with Gasteiger partial charge in [-0.15, -0.1) is 0 Å². The fourth-order valence-corrected chi connectivity index (χ4v) is 3.20. The maximum Gasteiger partial charge on any atom is 0.274 e. The summed E-state index contributed by atoms with van der Waals surface area (Å²) in [7, 11) is 0. The fourth-order valence-electron chi connectivity index (χ4n) is 3.20. The number of hydrogen-bond donors (Lipinski definition) is 1. The Morgan fingerprint density at radius 3 is 2.65 bits per heavy atom. The number of rotatable bonds is 5. The molecule has 110 valence electrons. The van der Waals surface area contributed by atoms with Crippen molar-refractivity contribution in [3.05, 3.63) is 33.9 Å². The molecule has 1 aromatic carbocycles. The van der Waals surface area contributed by atoms with Gasteiger partial charge in [0.15, 0.2) is 0 Å². The van der Waals surface area contributed by atoms with Gasteiger partial charge in [0.1, 0.15) is 0 Å². The van der Waals surface area contributed by atoms with Crippen LogP contribution in [0.3, 0.4) is 0 Å². The van der Waals surface area contributed by atoms with Crippen LogP contribution < -0.4 is 5.32 Å². The predicted molar refractivity (Wildman–Crippen MR) is 82.1 cm³/mol. The Hall–Kier alpha value is -1.58. The van der Waals surface area contributed by atoms with Crippen molar-refractivity contribution < 1.29 is 4.92 Å². The maximum atomic E-state index is 11.0. The first kappa shape index (κ1) is 14.8. The van der Waals surface area contributed by atoms with E-state index < -0.39 is 0 Å². The van der Waals surface area contributed by atoms with Crippen molar-refractivity contribution in [2.75, 3.05) is 5.32 Å². The van der Waals surface area contributed by atoms with E-state index in [1.165, 1.54) is 32.1 Å². The average molecular weight is 276 g/mol. The average Bonchev–Trinajstić information content (AvgIpc) is 2.47. The normalized spacial score (nSPS) is 17.7. The first-order valence-electron chi connectivity index (χ1n) is 7.63. The van der Waals surface area contributed by atoms with Gasteiger partial charge in [0.25, 0.3) is 5.69 Å². The zero-order valence-corrected chi connectivity index (χ0v) is 12.4. The predicted octanol–water partition coefficient (Wildman–Crippen LogP) is 4.67. The highest BCUT2D eigenvalue weighted by Gasteiger charge is 2.22. The molecule has 0 spiro atoms. The van der Waals surface area contributed by atoms with Crippen molar-refractivity contribution in [3.8, 4) is 0 Å². The maximum absolute atomic E-state index is 11.0. The van der Waals surface area contributed by atoms with Crippen LogP contribution in [0, 0.1) is 23.0 Å². The van der Waals surface area contributed by atoms with Gasteiger partial charge in [0, 0.05) is 23.4 Å². The summed E-state index contributed by atoms with van der Waals surface area (Å²) in [6.45, 7) is 3.97. The molecule has 0 aromatic heterocycles. The highest BCUT2D eigenvalue weighted by Crippen LogP contribution is 2.30. The molecule has 4 nitrogen and oxygen atoms in total. The van der Waals surface area contributed by atoms with E-state index in [-0.39, 0.29) is 10.6 Å². The smallest absolute Gasteiger partial charge is 0.274 e. The molecule has 1 aliphatic carbocycles. The van der Waals surface area contributed by atoms with E-state index in [2.05, 4.69) is 12.2 Å². The summed E-state index contributed by atoms with van der Waals surface area (Å²) in [5, 5.41) is 14.5.